The summed E-state index contributed by atoms with van der Waals surface area (Å²) in [4.78, 5) is 26.2. The van der Waals surface area contributed by atoms with E-state index in [2.05, 4.69) is 10.6 Å². The Kier molecular flexibility index (Phi) is 9.07. The molecule has 0 aliphatic rings. The van der Waals surface area contributed by atoms with Crippen molar-refractivity contribution in [2.24, 2.45) is 5.73 Å². The number of amides is 2. The third kappa shape index (κ3) is 6.96. The molecule has 4 aromatic rings. The van der Waals surface area contributed by atoms with Crippen LogP contribution in [0.2, 0.25) is 0 Å². The van der Waals surface area contributed by atoms with Gasteiger partial charge in [0.25, 0.3) is 11.8 Å². The Balaban J connectivity index is 1.39. The molecule has 1 aromatic heterocycles. The van der Waals surface area contributed by atoms with Gasteiger partial charge in [0.1, 0.15) is 29.7 Å². The van der Waals surface area contributed by atoms with Crippen LogP contribution in [0.3, 0.4) is 0 Å². The van der Waals surface area contributed by atoms with E-state index in [0.29, 0.717) is 34.9 Å². The highest BCUT2D eigenvalue weighted by molar-refractivity contribution is 7.80. The minimum Gasteiger partial charge on any atom is -0.490 e. The SMILES string of the molecule is Cc1c(Cc2ccccc2)sc(NC(=S)NC(=O)c2ccccc2OCCOc2ccccc2)c1C(N)=O. The summed E-state index contributed by atoms with van der Waals surface area (Å²) in [6, 6.07) is 26.2. The minimum atomic E-state index is -0.564. The van der Waals surface area contributed by atoms with E-state index >= 15 is 0 Å². The van der Waals surface area contributed by atoms with Gasteiger partial charge in [-0.1, -0.05) is 60.7 Å². The zero-order valence-electron chi connectivity index (χ0n) is 20.7. The van der Waals surface area contributed by atoms with Gasteiger partial charge in [-0.05, 0) is 54.5 Å². The van der Waals surface area contributed by atoms with Gasteiger partial charge >= 0.3 is 0 Å². The minimum absolute atomic E-state index is 0.0484. The number of benzene rings is 3. The molecule has 4 rings (SSSR count). The largest absolute Gasteiger partial charge is 0.490 e. The lowest BCUT2D eigenvalue weighted by molar-refractivity contribution is 0.0970. The van der Waals surface area contributed by atoms with Gasteiger partial charge in [-0.3, -0.25) is 14.9 Å². The van der Waals surface area contributed by atoms with Gasteiger partial charge in [-0.2, -0.15) is 0 Å². The summed E-state index contributed by atoms with van der Waals surface area (Å²) in [5.41, 5.74) is 8.26. The van der Waals surface area contributed by atoms with E-state index in [0.717, 1.165) is 21.8 Å². The Morgan fingerprint density at radius 3 is 2.24 bits per heavy atom. The van der Waals surface area contributed by atoms with Crippen molar-refractivity contribution in [3.63, 3.8) is 0 Å². The van der Waals surface area contributed by atoms with Crippen LogP contribution < -0.4 is 25.8 Å². The van der Waals surface area contributed by atoms with E-state index in [1.165, 1.54) is 11.3 Å². The number of rotatable bonds is 10. The fourth-order valence-corrected chi connectivity index (χ4v) is 5.32. The average Bonchev–Trinajstić information content (AvgIpc) is 3.22. The molecule has 0 radical (unpaired) electrons. The van der Waals surface area contributed by atoms with Crippen molar-refractivity contribution >= 4 is 45.5 Å². The molecular formula is C29H27N3O4S2. The van der Waals surface area contributed by atoms with Crippen LogP contribution in [-0.2, 0) is 6.42 Å². The number of carbonyl (C=O) groups is 2. The van der Waals surface area contributed by atoms with Gasteiger partial charge in [0, 0.05) is 11.3 Å². The standard InChI is InChI=1S/C29H27N3O4S2/c1-19-24(18-20-10-4-2-5-11-20)38-28(25(19)26(30)33)32-29(37)31-27(34)22-14-8-9-15-23(22)36-17-16-35-21-12-6-3-7-13-21/h2-15H,16-18H2,1H3,(H2,30,33)(H2,31,32,34,37). The number of hydrogen-bond acceptors (Lipinski definition) is 6. The zero-order chi connectivity index (χ0) is 26.9. The molecule has 0 saturated carbocycles. The summed E-state index contributed by atoms with van der Waals surface area (Å²) in [6.07, 6.45) is 0.650. The second-order valence-corrected chi connectivity index (χ2v) is 9.81. The number of anilines is 1. The second-order valence-electron chi connectivity index (χ2n) is 8.30. The maximum Gasteiger partial charge on any atom is 0.261 e. The van der Waals surface area contributed by atoms with Gasteiger partial charge in [-0.25, -0.2) is 0 Å². The molecule has 0 spiro atoms. The Labute approximate surface area is 230 Å². The third-order valence-corrected chi connectivity index (χ3v) is 7.05. The summed E-state index contributed by atoms with van der Waals surface area (Å²) >= 11 is 6.78. The zero-order valence-corrected chi connectivity index (χ0v) is 22.4. The number of thiophene rings is 1. The highest BCUT2D eigenvalue weighted by Gasteiger charge is 2.21. The summed E-state index contributed by atoms with van der Waals surface area (Å²) in [5.74, 6) is 0.135. The van der Waals surface area contributed by atoms with Crippen LogP contribution in [0, 0.1) is 6.92 Å². The molecule has 0 fully saturated rings. The Morgan fingerprint density at radius 2 is 1.53 bits per heavy atom. The third-order valence-electron chi connectivity index (χ3n) is 5.64. The van der Waals surface area contributed by atoms with Crippen LogP contribution in [0.5, 0.6) is 11.5 Å². The number of primary amides is 1. The van der Waals surface area contributed by atoms with E-state index in [4.69, 9.17) is 27.4 Å². The van der Waals surface area contributed by atoms with Gasteiger partial charge in [0.15, 0.2) is 5.11 Å². The monoisotopic (exact) mass is 545 g/mol. The lowest BCUT2D eigenvalue weighted by Gasteiger charge is -2.13. The lowest BCUT2D eigenvalue weighted by Crippen LogP contribution is -2.34. The van der Waals surface area contributed by atoms with E-state index in [1.807, 2.05) is 67.6 Å². The van der Waals surface area contributed by atoms with E-state index < -0.39 is 11.8 Å². The van der Waals surface area contributed by atoms with Crippen molar-refractivity contribution in [3.8, 4) is 11.5 Å². The molecule has 2 amide bonds. The smallest absolute Gasteiger partial charge is 0.261 e. The van der Waals surface area contributed by atoms with Crippen LogP contribution in [0.4, 0.5) is 5.00 Å². The molecule has 0 bridgehead atoms. The highest BCUT2D eigenvalue weighted by Crippen LogP contribution is 2.34. The van der Waals surface area contributed by atoms with E-state index in [1.54, 1.807) is 24.3 Å². The van der Waals surface area contributed by atoms with E-state index in [-0.39, 0.29) is 11.7 Å². The lowest BCUT2D eigenvalue weighted by atomic mass is 10.1. The Hall–Kier alpha value is -4.21. The second kappa shape index (κ2) is 12.8. The normalized spacial score (nSPS) is 10.4. The van der Waals surface area contributed by atoms with E-state index in [9.17, 15) is 9.59 Å². The van der Waals surface area contributed by atoms with Crippen molar-refractivity contribution in [1.29, 1.82) is 0 Å². The molecule has 1 heterocycles. The van der Waals surface area contributed by atoms with Crippen molar-refractivity contribution in [3.05, 3.63) is 112 Å². The number of thiocarbonyl (C=S) groups is 1. The summed E-state index contributed by atoms with van der Waals surface area (Å²) < 4.78 is 11.4. The predicted molar refractivity (Wildman–Crippen MR) is 154 cm³/mol. The van der Waals surface area contributed by atoms with Gasteiger partial charge in [0.2, 0.25) is 0 Å². The Morgan fingerprint density at radius 1 is 0.895 bits per heavy atom. The van der Waals surface area contributed by atoms with Crippen LogP contribution in [0.25, 0.3) is 0 Å². The predicted octanol–water partition coefficient (Wildman–Crippen LogP) is 5.33. The van der Waals surface area contributed by atoms with Crippen LogP contribution >= 0.6 is 23.6 Å². The average molecular weight is 546 g/mol. The molecule has 0 atom stereocenters. The van der Waals surface area contributed by atoms with Crippen molar-refractivity contribution in [2.75, 3.05) is 18.5 Å². The van der Waals surface area contributed by atoms with Crippen molar-refractivity contribution in [1.82, 2.24) is 5.32 Å². The maximum absolute atomic E-state index is 13.0. The molecule has 3 aromatic carbocycles. The summed E-state index contributed by atoms with van der Waals surface area (Å²) in [7, 11) is 0. The Bertz CT molecular complexity index is 1420. The number of nitrogens with one attached hydrogen (secondary N) is 2. The molecule has 38 heavy (non-hydrogen) atoms. The molecule has 0 aliphatic carbocycles. The number of para-hydroxylation sites is 2. The number of hydrogen-bond donors (Lipinski definition) is 3. The number of carbonyl (C=O) groups excluding carboxylic acids is 2. The van der Waals surface area contributed by atoms with Crippen molar-refractivity contribution in [2.45, 2.75) is 13.3 Å². The topological polar surface area (TPSA) is 103 Å². The molecule has 0 unspecified atom stereocenters. The van der Waals surface area contributed by atoms with Crippen LogP contribution in [0.1, 0.15) is 36.7 Å². The molecule has 194 valence electrons. The molecule has 9 heteroatoms. The fourth-order valence-electron chi connectivity index (χ4n) is 3.81. The molecular weight excluding hydrogens is 518 g/mol. The van der Waals surface area contributed by atoms with Gasteiger partial charge in [-0.15, -0.1) is 11.3 Å². The first-order valence-corrected chi connectivity index (χ1v) is 13.1. The quantitative estimate of drug-likeness (QED) is 0.184. The summed E-state index contributed by atoms with van der Waals surface area (Å²) in [5, 5.41) is 6.20. The number of ether oxygens (including phenoxy) is 2. The first-order chi connectivity index (χ1) is 18.4. The van der Waals surface area contributed by atoms with Gasteiger partial charge < -0.3 is 20.5 Å². The summed E-state index contributed by atoms with van der Waals surface area (Å²) in [6.45, 7) is 2.43. The van der Waals surface area contributed by atoms with Crippen molar-refractivity contribution < 1.29 is 19.1 Å². The number of nitrogens with two attached hydrogens (primary N) is 1. The van der Waals surface area contributed by atoms with Crippen LogP contribution in [0.15, 0.2) is 84.9 Å². The fraction of sp³-hybridized carbons (Fsp3) is 0.138. The first-order valence-electron chi connectivity index (χ1n) is 11.9. The molecule has 0 saturated heterocycles. The molecule has 4 N–H and O–H groups in total. The first kappa shape index (κ1) is 26.8. The molecule has 7 nitrogen and oxygen atoms in total. The maximum atomic E-state index is 13.0. The highest BCUT2D eigenvalue weighted by atomic mass is 32.1. The van der Waals surface area contributed by atoms with Crippen LogP contribution in [-0.4, -0.2) is 30.1 Å². The molecule has 0 aliphatic heterocycles. The van der Waals surface area contributed by atoms with Gasteiger partial charge in [0.05, 0.1) is 11.1 Å².